The van der Waals surface area contributed by atoms with Crippen LogP contribution in [0.3, 0.4) is 0 Å². The van der Waals surface area contributed by atoms with Crippen molar-refractivity contribution >= 4 is 44.8 Å². The molecule has 10 nitrogen and oxygen atoms in total. The highest BCUT2D eigenvalue weighted by Crippen LogP contribution is 2.15. The molecule has 3 aromatic rings. The average Bonchev–Trinajstić information content (AvgIpc) is 2.78. The summed E-state index contributed by atoms with van der Waals surface area (Å²) in [6.45, 7) is 0. The molecule has 3 N–H and O–H groups in total. The van der Waals surface area contributed by atoms with Gasteiger partial charge in [-0.15, -0.1) is 0 Å². The van der Waals surface area contributed by atoms with Gasteiger partial charge in [0.2, 0.25) is 5.91 Å². The van der Waals surface area contributed by atoms with E-state index >= 15 is 0 Å². The summed E-state index contributed by atoms with van der Waals surface area (Å²) in [6.07, 6.45) is 5.10. The first-order chi connectivity index (χ1) is 16.1. The maximum Gasteiger partial charge on any atom is 0.319 e. The minimum Gasteiger partial charge on any atom is -0.326 e. The summed E-state index contributed by atoms with van der Waals surface area (Å²) in [5.41, 5.74) is 1.11. The number of amides is 3. The second-order valence-corrected chi connectivity index (χ2v) is 10.1. The minimum atomic E-state index is -3.37. The summed E-state index contributed by atoms with van der Waals surface area (Å²) in [7, 11) is -3.37. The van der Waals surface area contributed by atoms with Crippen molar-refractivity contribution in [2.75, 3.05) is 22.6 Å². The normalized spacial score (nSPS) is 11.9. The molecule has 3 amide bonds. The zero-order chi connectivity index (χ0) is 24.7. The highest BCUT2D eigenvalue weighted by molar-refractivity contribution is 7.90. The molecule has 1 unspecified atom stereocenters. The lowest BCUT2D eigenvalue weighted by molar-refractivity contribution is -0.117. The summed E-state index contributed by atoms with van der Waals surface area (Å²) in [4.78, 5) is 40.9. The number of carbonyl (C=O) groups excluding carboxylic acids is 2. The molecule has 0 aliphatic heterocycles. The van der Waals surface area contributed by atoms with Gasteiger partial charge in [0.15, 0.2) is 0 Å². The maximum atomic E-state index is 12.8. The van der Waals surface area contributed by atoms with Crippen molar-refractivity contribution in [3.05, 3.63) is 82.5 Å². The predicted octanol–water partition coefficient (Wildman–Crippen LogP) is 2.45. The summed E-state index contributed by atoms with van der Waals surface area (Å²) >= 11 is 5.83. The first kappa shape index (κ1) is 24.9. The van der Waals surface area contributed by atoms with Gasteiger partial charge in [0.1, 0.15) is 15.9 Å². The Hall–Kier alpha value is -3.70. The van der Waals surface area contributed by atoms with Crippen molar-refractivity contribution in [2.45, 2.75) is 12.5 Å². The van der Waals surface area contributed by atoms with Crippen LogP contribution in [0.5, 0.6) is 0 Å². The van der Waals surface area contributed by atoms with Gasteiger partial charge in [0, 0.05) is 40.7 Å². The summed E-state index contributed by atoms with van der Waals surface area (Å²) in [5, 5.41) is 8.23. The Balaban J connectivity index is 1.70. The van der Waals surface area contributed by atoms with Crippen LogP contribution in [0.15, 0.2) is 71.9 Å². The average molecular weight is 504 g/mol. The number of sulfone groups is 1. The Kier molecular flexibility index (Phi) is 8.03. The van der Waals surface area contributed by atoms with Crippen LogP contribution in [0.4, 0.5) is 16.2 Å². The van der Waals surface area contributed by atoms with Crippen molar-refractivity contribution in [1.82, 2.24) is 14.9 Å². The van der Waals surface area contributed by atoms with Gasteiger partial charge >= 0.3 is 6.03 Å². The fourth-order valence-electron chi connectivity index (χ4n) is 2.96. The van der Waals surface area contributed by atoms with Crippen LogP contribution < -0.4 is 21.5 Å². The van der Waals surface area contributed by atoms with E-state index in [1.54, 1.807) is 48.5 Å². The van der Waals surface area contributed by atoms with Crippen LogP contribution in [0.25, 0.3) is 5.69 Å². The van der Waals surface area contributed by atoms with E-state index in [2.05, 4.69) is 20.9 Å². The SMILES string of the molecule is CS(=O)(=O)CCC(NC(=O)Nc1ccc(Cl)cc1)C(=O)Nc1ccc(-n2ccncc2=O)cc1. The Morgan fingerprint density at radius 3 is 2.26 bits per heavy atom. The van der Waals surface area contributed by atoms with Gasteiger partial charge in [0.25, 0.3) is 5.56 Å². The van der Waals surface area contributed by atoms with Crippen LogP contribution in [0, 0.1) is 0 Å². The van der Waals surface area contributed by atoms with Crippen molar-refractivity contribution in [3.63, 3.8) is 0 Å². The van der Waals surface area contributed by atoms with E-state index in [1.165, 1.54) is 23.2 Å². The van der Waals surface area contributed by atoms with Crippen LogP contribution >= 0.6 is 11.6 Å². The molecule has 12 heteroatoms. The molecule has 1 heterocycles. The van der Waals surface area contributed by atoms with E-state index in [-0.39, 0.29) is 17.7 Å². The van der Waals surface area contributed by atoms with Gasteiger partial charge in [-0.1, -0.05) is 11.6 Å². The van der Waals surface area contributed by atoms with E-state index in [9.17, 15) is 22.8 Å². The standard InChI is InChI=1S/C22H22ClN5O5S/c1-34(32,33)13-10-19(27-22(31)26-17-4-2-15(23)3-5-17)21(30)25-16-6-8-18(9-7-16)28-12-11-24-14-20(28)29/h2-9,11-12,14,19H,10,13H2,1H3,(H,25,30)(H2,26,27,31). The zero-order valence-electron chi connectivity index (χ0n) is 18.1. The third-order valence-corrected chi connectivity index (χ3v) is 5.87. The second kappa shape index (κ2) is 10.9. The van der Waals surface area contributed by atoms with Crippen molar-refractivity contribution in [2.24, 2.45) is 0 Å². The van der Waals surface area contributed by atoms with Crippen LogP contribution in [-0.4, -0.2) is 48.0 Å². The van der Waals surface area contributed by atoms with Crippen molar-refractivity contribution in [3.8, 4) is 5.69 Å². The van der Waals surface area contributed by atoms with E-state index < -0.39 is 27.8 Å². The Bertz CT molecular complexity index is 1320. The largest absolute Gasteiger partial charge is 0.326 e. The summed E-state index contributed by atoms with van der Waals surface area (Å²) < 4.78 is 24.6. The van der Waals surface area contributed by atoms with Gasteiger partial charge < -0.3 is 16.0 Å². The van der Waals surface area contributed by atoms with E-state index in [0.29, 0.717) is 22.1 Å². The number of halogens is 1. The first-order valence-corrected chi connectivity index (χ1v) is 12.5. The van der Waals surface area contributed by atoms with Gasteiger partial charge in [-0.05, 0) is 55.0 Å². The second-order valence-electron chi connectivity index (χ2n) is 7.40. The predicted molar refractivity (Wildman–Crippen MR) is 130 cm³/mol. The van der Waals surface area contributed by atoms with Gasteiger partial charge in [-0.25, -0.2) is 13.2 Å². The van der Waals surface area contributed by atoms with Crippen molar-refractivity contribution in [1.29, 1.82) is 0 Å². The van der Waals surface area contributed by atoms with Crippen LogP contribution in [-0.2, 0) is 14.6 Å². The number of benzene rings is 2. The molecule has 0 aliphatic rings. The number of anilines is 2. The molecule has 0 saturated carbocycles. The van der Waals surface area contributed by atoms with Crippen molar-refractivity contribution < 1.29 is 18.0 Å². The molecular weight excluding hydrogens is 482 g/mol. The molecular formula is C22H22ClN5O5S. The topological polar surface area (TPSA) is 139 Å². The van der Waals surface area contributed by atoms with Gasteiger partial charge in [-0.3, -0.25) is 19.1 Å². The molecule has 0 spiro atoms. The number of nitrogens with zero attached hydrogens (tertiary/aromatic N) is 2. The molecule has 178 valence electrons. The summed E-state index contributed by atoms with van der Waals surface area (Å²) in [6, 6.07) is 11.0. The molecule has 3 rings (SSSR count). The molecule has 0 bridgehead atoms. The molecule has 34 heavy (non-hydrogen) atoms. The highest BCUT2D eigenvalue weighted by atomic mass is 35.5. The van der Waals surface area contributed by atoms with Crippen LogP contribution in [0.2, 0.25) is 5.02 Å². The third kappa shape index (κ3) is 7.42. The molecule has 0 fully saturated rings. The number of hydrogen-bond acceptors (Lipinski definition) is 6. The smallest absolute Gasteiger partial charge is 0.319 e. The van der Waals surface area contributed by atoms with E-state index in [1.807, 2.05) is 0 Å². The number of rotatable bonds is 8. The molecule has 1 aromatic heterocycles. The highest BCUT2D eigenvalue weighted by Gasteiger charge is 2.23. The Morgan fingerprint density at radius 1 is 1.03 bits per heavy atom. The van der Waals surface area contributed by atoms with Crippen LogP contribution in [0.1, 0.15) is 6.42 Å². The molecule has 0 saturated heterocycles. The first-order valence-electron chi connectivity index (χ1n) is 10.1. The number of hydrogen-bond donors (Lipinski definition) is 3. The number of aromatic nitrogens is 2. The maximum absolute atomic E-state index is 12.8. The lowest BCUT2D eigenvalue weighted by Crippen LogP contribution is -2.46. The minimum absolute atomic E-state index is 0.122. The lowest BCUT2D eigenvalue weighted by Gasteiger charge is -2.19. The van der Waals surface area contributed by atoms with E-state index in [4.69, 9.17) is 11.6 Å². The number of carbonyl (C=O) groups is 2. The molecule has 2 aromatic carbocycles. The molecule has 1 atom stereocenters. The summed E-state index contributed by atoms with van der Waals surface area (Å²) in [5.74, 6) is -0.889. The fraction of sp³-hybridized carbons (Fsp3) is 0.182. The third-order valence-electron chi connectivity index (χ3n) is 4.64. The quantitative estimate of drug-likeness (QED) is 0.431. The Morgan fingerprint density at radius 2 is 1.65 bits per heavy atom. The number of urea groups is 1. The van der Waals surface area contributed by atoms with Gasteiger partial charge in [-0.2, -0.15) is 0 Å². The molecule has 0 radical (unpaired) electrons. The van der Waals surface area contributed by atoms with Gasteiger partial charge in [0.05, 0.1) is 11.9 Å². The van der Waals surface area contributed by atoms with E-state index in [0.717, 1.165) is 6.26 Å². The fourth-order valence-corrected chi connectivity index (χ4v) is 3.74. The Labute approximate surface area is 200 Å². The zero-order valence-corrected chi connectivity index (χ0v) is 19.6. The number of nitrogens with one attached hydrogen (secondary N) is 3. The monoisotopic (exact) mass is 503 g/mol. The lowest BCUT2D eigenvalue weighted by atomic mass is 10.2. The molecule has 0 aliphatic carbocycles.